The molecule has 0 amide bonds. The van der Waals surface area contributed by atoms with E-state index >= 15 is 0 Å². The molecule has 18 heavy (non-hydrogen) atoms. The Bertz CT molecular complexity index is 215. The fourth-order valence-electron chi connectivity index (χ4n) is 2.14. The molecule has 2 fully saturated rings. The van der Waals surface area contributed by atoms with Crippen molar-refractivity contribution in [2.24, 2.45) is 0 Å². The second-order valence-electron chi connectivity index (χ2n) is 4.41. The lowest BCUT2D eigenvalue weighted by atomic mass is 10.2. The van der Waals surface area contributed by atoms with E-state index in [1.165, 1.54) is 12.8 Å². The van der Waals surface area contributed by atoms with Gasteiger partial charge in [0.25, 0.3) is 0 Å². The van der Waals surface area contributed by atoms with Crippen LogP contribution in [0.1, 0.15) is 38.5 Å². The molecule has 0 aromatic carbocycles. The van der Waals surface area contributed by atoms with Crippen molar-refractivity contribution in [3.05, 3.63) is 0 Å². The molecule has 2 aliphatic rings. The molecular formula is C10H23Br2N2O3P. The van der Waals surface area contributed by atoms with Crippen LogP contribution in [0.5, 0.6) is 0 Å². The lowest BCUT2D eigenvalue weighted by molar-refractivity contribution is -0.125. The fraction of sp³-hybridized carbons (Fsp3) is 1.00. The molecule has 0 radical (unpaired) electrons. The lowest BCUT2D eigenvalue weighted by Gasteiger charge is -2.28. The monoisotopic (exact) mass is 408 g/mol. The zero-order valence-electron chi connectivity index (χ0n) is 10.5. The van der Waals surface area contributed by atoms with Crippen LogP contribution >= 0.6 is 42.2 Å². The molecule has 2 saturated heterocycles. The summed E-state index contributed by atoms with van der Waals surface area (Å²) >= 11 is 0. The van der Waals surface area contributed by atoms with Crippen LogP contribution in [0.25, 0.3) is 0 Å². The Labute approximate surface area is 131 Å². The van der Waals surface area contributed by atoms with Crippen LogP contribution in [0, 0.1) is 0 Å². The number of halogens is 2. The van der Waals surface area contributed by atoms with Crippen LogP contribution in [-0.4, -0.2) is 36.3 Å². The third kappa shape index (κ3) is 6.98. The third-order valence-corrected chi connectivity index (χ3v) is 3.85. The molecular weight excluding hydrogens is 387 g/mol. The number of hydroxylamine groups is 4. The van der Waals surface area contributed by atoms with Gasteiger partial charge in [-0.1, -0.05) is 12.8 Å². The van der Waals surface area contributed by atoms with Crippen LogP contribution in [-0.2, 0) is 13.8 Å². The number of nitrogens with zero attached hydrogens (tertiary/aromatic N) is 2. The van der Waals surface area contributed by atoms with E-state index in [9.17, 15) is 4.57 Å². The molecule has 2 heterocycles. The molecule has 0 atom stereocenters. The number of hydrogen-bond donors (Lipinski definition) is 0. The molecule has 0 aromatic heterocycles. The van der Waals surface area contributed by atoms with Gasteiger partial charge in [-0.3, -0.25) is 4.57 Å². The first kappa shape index (κ1) is 19.0. The maximum Gasteiger partial charge on any atom is 0.352 e. The van der Waals surface area contributed by atoms with Crippen molar-refractivity contribution in [2.45, 2.75) is 38.5 Å². The third-order valence-electron chi connectivity index (χ3n) is 3.04. The standard InChI is InChI=1S/C10H21N2O3P.2BrH/c13-16(14-11-7-3-1-4-8-11)15-12-9-5-2-6-10-12;;/h16H,1-10H2;2*1H. The molecule has 0 saturated carbocycles. The molecule has 5 nitrogen and oxygen atoms in total. The van der Waals surface area contributed by atoms with E-state index in [1.54, 1.807) is 10.1 Å². The van der Waals surface area contributed by atoms with E-state index in [1.807, 2.05) is 0 Å². The Morgan fingerprint density at radius 2 is 1.00 bits per heavy atom. The molecule has 0 aliphatic carbocycles. The predicted octanol–water partition coefficient (Wildman–Crippen LogP) is 3.37. The summed E-state index contributed by atoms with van der Waals surface area (Å²) in [6.45, 7) is 3.50. The summed E-state index contributed by atoms with van der Waals surface area (Å²) in [6, 6.07) is 0. The highest BCUT2D eigenvalue weighted by Crippen LogP contribution is 2.30. The maximum absolute atomic E-state index is 11.6. The van der Waals surface area contributed by atoms with Gasteiger partial charge in [0.1, 0.15) is 0 Å². The highest BCUT2D eigenvalue weighted by Gasteiger charge is 2.17. The summed E-state index contributed by atoms with van der Waals surface area (Å²) in [7, 11) is -2.39. The number of hydrogen-bond acceptors (Lipinski definition) is 5. The Kier molecular flexibility index (Phi) is 11.4. The van der Waals surface area contributed by atoms with E-state index in [0.717, 1.165) is 51.9 Å². The quantitative estimate of drug-likeness (QED) is 0.666. The van der Waals surface area contributed by atoms with Crippen LogP contribution in [0.15, 0.2) is 0 Å². The number of rotatable bonds is 4. The minimum Gasteiger partial charge on any atom is -0.260 e. The van der Waals surface area contributed by atoms with Gasteiger partial charge < -0.3 is 0 Å². The Morgan fingerprint density at radius 3 is 1.33 bits per heavy atom. The molecule has 0 aromatic rings. The molecule has 0 bridgehead atoms. The highest BCUT2D eigenvalue weighted by molar-refractivity contribution is 8.93. The van der Waals surface area contributed by atoms with Crippen LogP contribution in [0.3, 0.4) is 0 Å². The van der Waals surface area contributed by atoms with Crippen molar-refractivity contribution < 1.29 is 13.8 Å². The van der Waals surface area contributed by atoms with E-state index in [0.29, 0.717) is 0 Å². The zero-order valence-corrected chi connectivity index (χ0v) is 14.9. The molecule has 0 unspecified atom stereocenters. The topological polar surface area (TPSA) is 42.0 Å². The summed E-state index contributed by atoms with van der Waals surface area (Å²) in [5, 5.41) is 3.57. The number of piperidine rings is 2. The molecule has 110 valence electrons. The first-order valence-corrected chi connectivity index (χ1v) is 7.47. The second-order valence-corrected chi connectivity index (χ2v) is 5.28. The van der Waals surface area contributed by atoms with Crippen molar-refractivity contribution in [3.63, 3.8) is 0 Å². The van der Waals surface area contributed by atoms with Gasteiger partial charge in [-0.2, -0.15) is 10.1 Å². The second kappa shape index (κ2) is 10.8. The zero-order chi connectivity index (χ0) is 11.2. The first-order chi connectivity index (χ1) is 7.84. The highest BCUT2D eigenvalue weighted by atomic mass is 79.9. The maximum atomic E-state index is 11.6. The van der Waals surface area contributed by atoms with E-state index in [-0.39, 0.29) is 34.0 Å². The molecule has 8 heteroatoms. The van der Waals surface area contributed by atoms with Gasteiger partial charge in [-0.15, -0.1) is 34.0 Å². The molecule has 0 N–H and O–H groups in total. The molecule has 2 aliphatic heterocycles. The minimum atomic E-state index is -2.39. The van der Waals surface area contributed by atoms with Crippen molar-refractivity contribution >= 4 is 42.2 Å². The van der Waals surface area contributed by atoms with E-state index < -0.39 is 8.25 Å². The largest absolute Gasteiger partial charge is 0.352 e. The van der Waals surface area contributed by atoms with Crippen molar-refractivity contribution in [2.75, 3.05) is 26.2 Å². The summed E-state index contributed by atoms with van der Waals surface area (Å²) in [5.74, 6) is 0. The van der Waals surface area contributed by atoms with Gasteiger partial charge in [0.15, 0.2) is 0 Å². The Balaban J connectivity index is 0.00000144. The predicted molar refractivity (Wildman–Crippen MR) is 82.7 cm³/mol. The molecule has 0 spiro atoms. The van der Waals surface area contributed by atoms with E-state index in [4.69, 9.17) is 9.25 Å². The lowest BCUT2D eigenvalue weighted by Crippen LogP contribution is -2.30. The van der Waals surface area contributed by atoms with Crippen LogP contribution in [0.4, 0.5) is 0 Å². The average Bonchev–Trinajstić information content (AvgIpc) is 2.31. The van der Waals surface area contributed by atoms with Gasteiger partial charge >= 0.3 is 8.25 Å². The minimum absolute atomic E-state index is 0. The van der Waals surface area contributed by atoms with Gasteiger partial charge in [0.05, 0.1) is 0 Å². The SMILES string of the molecule is Br.Br.O=[PH](ON1CCCCC1)ON1CCCCC1. The summed E-state index contributed by atoms with van der Waals surface area (Å²) in [4.78, 5) is 0. The van der Waals surface area contributed by atoms with E-state index in [2.05, 4.69) is 0 Å². The summed E-state index contributed by atoms with van der Waals surface area (Å²) in [5.41, 5.74) is 0. The van der Waals surface area contributed by atoms with Gasteiger partial charge in [0.2, 0.25) is 0 Å². The Hall–Kier alpha value is 1.03. The smallest absolute Gasteiger partial charge is 0.260 e. The summed E-state index contributed by atoms with van der Waals surface area (Å²) in [6.07, 6.45) is 6.98. The van der Waals surface area contributed by atoms with Crippen molar-refractivity contribution in [1.82, 2.24) is 10.1 Å². The van der Waals surface area contributed by atoms with Gasteiger partial charge in [-0.25, -0.2) is 9.25 Å². The fourth-order valence-corrected chi connectivity index (χ4v) is 2.96. The average molecular weight is 410 g/mol. The Morgan fingerprint density at radius 1 is 0.667 bits per heavy atom. The van der Waals surface area contributed by atoms with Crippen LogP contribution in [0.2, 0.25) is 0 Å². The van der Waals surface area contributed by atoms with Crippen molar-refractivity contribution in [3.8, 4) is 0 Å². The molecule has 2 rings (SSSR count). The van der Waals surface area contributed by atoms with Crippen LogP contribution < -0.4 is 0 Å². The normalized spacial score (nSPS) is 22.3. The van der Waals surface area contributed by atoms with Gasteiger partial charge in [-0.05, 0) is 25.7 Å². The van der Waals surface area contributed by atoms with Gasteiger partial charge in [0, 0.05) is 26.2 Å². The van der Waals surface area contributed by atoms with Crippen molar-refractivity contribution in [1.29, 1.82) is 0 Å². The first-order valence-electron chi connectivity index (χ1n) is 6.24. The summed E-state index contributed by atoms with van der Waals surface area (Å²) < 4.78 is 22.3.